The zero-order valence-corrected chi connectivity index (χ0v) is 52.0. The van der Waals surface area contributed by atoms with Gasteiger partial charge in [-0.2, -0.15) is 0 Å². The van der Waals surface area contributed by atoms with Crippen LogP contribution in [0.5, 0.6) is 0 Å². The van der Waals surface area contributed by atoms with Gasteiger partial charge in [-0.3, -0.25) is 9.59 Å². The fraction of sp³-hybridized carbons (Fsp3) is 0.887. The quantitative estimate of drug-likeness (QED) is 0.0320. The third-order valence-corrected chi connectivity index (χ3v) is 16.1. The highest BCUT2D eigenvalue weighted by molar-refractivity contribution is 5.76. The molecule has 0 aromatic heterocycles. The molecule has 6 nitrogen and oxygen atoms in total. The molecular weight excluding hydrogens is 947 g/mol. The number of aliphatic hydroxyl groups excluding tert-OH is 2. The van der Waals surface area contributed by atoms with Gasteiger partial charge in [-0.1, -0.05) is 320 Å². The molecule has 0 rings (SSSR count). The molecule has 0 bridgehead atoms. The van der Waals surface area contributed by atoms with Crippen LogP contribution in [-0.4, -0.2) is 47.4 Å². The van der Waals surface area contributed by atoms with Crippen LogP contribution in [0.2, 0.25) is 0 Å². The molecule has 0 heterocycles. The van der Waals surface area contributed by atoms with Crippen LogP contribution in [0.4, 0.5) is 0 Å². The first kappa shape index (κ1) is 75.1. The molecule has 0 radical (unpaired) electrons. The van der Waals surface area contributed by atoms with Gasteiger partial charge in [-0.05, 0) is 83.5 Å². The number of aliphatic hydroxyl groups is 2. The van der Waals surface area contributed by atoms with E-state index in [1.54, 1.807) is 6.08 Å². The summed E-state index contributed by atoms with van der Waals surface area (Å²) in [5, 5.41) is 23.2. The van der Waals surface area contributed by atoms with E-state index >= 15 is 0 Å². The lowest BCUT2D eigenvalue weighted by molar-refractivity contribution is -0.143. The molecule has 454 valence electrons. The first-order valence-electron chi connectivity index (χ1n) is 34.8. The van der Waals surface area contributed by atoms with Crippen LogP contribution >= 0.6 is 0 Å². The van der Waals surface area contributed by atoms with Gasteiger partial charge in [0.2, 0.25) is 5.91 Å². The van der Waals surface area contributed by atoms with Gasteiger partial charge < -0.3 is 20.3 Å². The summed E-state index contributed by atoms with van der Waals surface area (Å²) in [7, 11) is 0. The normalized spacial score (nSPS) is 12.7. The van der Waals surface area contributed by atoms with Crippen LogP contribution in [-0.2, 0) is 14.3 Å². The second-order valence-corrected chi connectivity index (χ2v) is 23.9. The standard InChI is InChI=1S/C71H135NO5/c1-3-5-7-9-11-13-15-17-19-20-30-33-36-39-43-47-51-55-59-63-69(74)68(67-73)72-70(75)64-60-56-52-48-44-40-37-34-31-28-26-24-22-21-23-25-27-29-32-35-38-42-46-50-54-58-62-66-77-71(76)65-61-57-53-49-45-41-18-16-14-12-10-8-6-4-2/h16,18,21-22,59,63,68-69,73-74H,3-15,17,19-20,23-58,60-62,64-67H2,1-2H3,(H,72,75)/b18-16-,22-21-,63-59+. The van der Waals surface area contributed by atoms with Gasteiger partial charge in [-0.25, -0.2) is 0 Å². The molecule has 0 saturated carbocycles. The predicted octanol–water partition coefficient (Wildman–Crippen LogP) is 22.3. The average molecular weight is 1080 g/mol. The van der Waals surface area contributed by atoms with Crippen LogP contribution in [0.15, 0.2) is 36.5 Å². The Morgan fingerprint density at radius 2 is 0.610 bits per heavy atom. The van der Waals surface area contributed by atoms with E-state index in [2.05, 4.69) is 43.5 Å². The summed E-state index contributed by atoms with van der Waals surface area (Å²) in [6, 6.07) is -0.629. The molecule has 0 aliphatic rings. The Labute approximate surface area is 481 Å². The lowest BCUT2D eigenvalue weighted by Gasteiger charge is -2.20. The maximum absolute atomic E-state index is 12.5. The van der Waals surface area contributed by atoms with E-state index in [-0.39, 0.29) is 18.5 Å². The molecule has 0 aliphatic carbocycles. The number of rotatable bonds is 65. The SMILES string of the molecule is CCCCCCC/C=C\CCCCCCCC(=O)OCCCCCCCCCCCCCC/C=C\CCCCCCCCCCCCCC(=O)NC(CO)C(O)/C=C/CCCCCCCCCCCCCCCCCCC. The van der Waals surface area contributed by atoms with E-state index in [1.165, 1.54) is 308 Å². The summed E-state index contributed by atoms with van der Waals surface area (Å²) in [6.45, 7) is 4.92. The molecule has 1 amide bonds. The molecule has 0 spiro atoms. The Bertz CT molecular complexity index is 1250. The lowest BCUT2D eigenvalue weighted by atomic mass is 10.0. The van der Waals surface area contributed by atoms with Crippen LogP contribution in [0.3, 0.4) is 0 Å². The molecule has 3 N–H and O–H groups in total. The van der Waals surface area contributed by atoms with E-state index in [4.69, 9.17) is 4.74 Å². The number of carbonyl (C=O) groups excluding carboxylic acids is 2. The zero-order valence-electron chi connectivity index (χ0n) is 52.0. The Kier molecular flexibility index (Phi) is 64.9. The first-order valence-corrected chi connectivity index (χ1v) is 34.8. The number of ether oxygens (including phenoxy) is 1. The summed E-state index contributed by atoms with van der Waals surface area (Å²) < 4.78 is 5.48. The number of carbonyl (C=O) groups is 2. The van der Waals surface area contributed by atoms with Gasteiger partial charge in [0, 0.05) is 12.8 Å². The van der Waals surface area contributed by atoms with E-state index in [1.807, 2.05) is 6.08 Å². The molecular formula is C71H135NO5. The van der Waals surface area contributed by atoms with Crippen molar-refractivity contribution in [2.75, 3.05) is 13.2 Å². The van der Waals surface area contributed by atoms with Crippen molar-refractivity contribution in [3.05, 3.63) is 36.5 Å². The third-order valence-electron chi connectivity index (χ3n) is 16.1. The number of nitrogens with one attached hydrogen (secondary N) is 1. The highest BCUT2D eigenvalue weighted by Gasteiger charge is 2.18. The Morgan fingerprint density at radius 1 is 0.351 bits per heavy atom. The fourth-order valence-electron chi connectivity index (χ4n) is 10.8. The summed E-state index contributed by atoms with van der Waals surface area (Å²) >= 11 is 0. The van der Waals surface area contributed by atoms with Gasteiger partial charge >= 0.3 is 5.97 Å². The van der Waals surface area contributed by atoms with Crippen molar-refractivity contribution in [3.63, 3.8) is 0 Å². The zero-order chi connectivity index (χ0) is 55.7. The monoisotopic (exact) mass is 1080 g/mol. The molecule has 2 atom stereocenters. The second kappa shape index (κ2) is 66.6. The highest BCUT2D eigenvalue weighted by atomic mass is 16.5. The number of allylic oxidation sites excluding steroid dienone is 5. The first-order chi connectivity index (χ1) is 38.0. The Hall–Kier alpha value is -1.92. The van der Waals surface area contributed by atoms with Crippen molar-refractivity contribution in [1.29, 1.82) is 0 Å². The molecule has 0 saturated heterocycles. The lowest BCUT2D eigenvalue weighted by Crippen LogP contribution is -2.45. The number of unbranched alkanes of at least 4 members (excludes halogenated alkanes) is 50. The van der Waals surface area contributed by atoms with Crippen molar-refractivity contribution in [2.45, 2.75) is 392 Å². The number of hydrogen-bond donors (Lipinski definition) is 3. The predicted molar refractivity (Wildman–Crippen MR) is 338 cm³/mol. The van der Waals surface area contributed by atoms with Gasteiger partial charge in [0.25, 0.3) is 0 Å². The molecule has 77 heavy (non-hydrogen) atoms. The van der Waals surface area contributed by atoms with Crippen molar-refractivity contribution in [3.8, 4) is 0 Å². The number of amides is 1. The number of hydrogen-bond acceptors (Lipinski definition) is 5. The van der Waals surface area contributed by atoms with E-state index in [9.17, 15) is 19.8 Å². The van der Waals surface area contributed by atoms with Gasteiger partial charge in [0.05, 0.1) is 25.4 Å². The molecule has 0 aromatic carbocycles. The van der Waals surface area contributed by atoms with Gasteiger partial charge in [0.1, 0.15) is 0 Å². The van der Waals surface area contributed by atoms with E-state index in [0.717, 1.165) is 44.9 Å². The van der Waals surface area contributed by atoms with Crippen molar-refractivity contribution < 1.29 is 24.5 Å². The molecule has 6 heteroatoms. The topological polar surface area (TPSA) is 95.9 Å². The smallest absolute Gasteiger partial charge is 0.305 e. The summed E-state index contributed by atoms with van der Waals surface area (Å²) in [5.74, 6) is -0.0593. The van der Waals surface area contributed by atoms with Gasteiger partial charge in [0.15, 0.2) is 0 Å². The summed E-state index contributed by atoms with van der Waals surface area (Å²) in [5.41, 5.74) is 0. The number of esters is 1. The minimum atomic E-state index is -0.846. The van der Waals surface area contributed by atoms with Crippen molar-refractivity contribution in [1.82, 2.24) is 5.32 Å². The Morgan fingerprint density at radius 3 is 0.922 bits per heavy atom. The molecule has 0 aromatic rings. The molecule has 0 aliphatic heterocycles. The molecule has 0 fully saturated rings. The molecule has 2 unspecified atom stereocenters. The minimum Gasteiger partial charge on any atom is -0.466 e. The van der Waals surface area contributed by atoms with Crippen molar-refractivity contribution in [2.24, 2.45) is 0 Å². The fourth-order valence-corrected chi connectivity index (χ4v) is 10.8. The van der Waals surface area contributed by atoms with Crippen LogP contribution in [0.1, 0.15) is 380 Å². The van der Waals surface area contributed by atoms with E-state index in [0.29, 0.717) is 19.4 Å². The average Bonchev–Trinajstić information content (AvgIpc) is 3.43. The van der Waals surface area contributed by atoms with Crippen molar-refractivity contribution >= 4 is 11.9 Å². The Balaban J connectivity index is 3.41. The summed E-state index contributed by atoms with van der Waals surface area (Å²) in [6.07, 6.45) is 85.0. The third kappa shape index (κ3) is 63.1. The summed E-state index contributed by atoms with van der Waals surface area (Å²) in [4.78, 5) is 24.6. The van der Waals surface area contributed by atoms with E-state index < -0.39 is 12.1 Å². The van der Waals surface area contributed by atoms with Crippen LogP contribution in [0.25, 0.3) is 0 Å². The largest absolute Gasteiger partial charge is 0.466 e. The second-order valence-electron chi connectivity index (χ2n) is 23.9. The maximum atomic E-state index is 12.5. The van der Waals surface area contributed by atoms with Crippen LogP contribution in [0, 0.1) is 0 Å². The van der Waals surface area contributed by atoms with Crippen LogP contribution < -0.4 is 5.32 Å². The maximum Gasteiger partial charge on any atom is 0.305 e. The minimum absolute atomic E-state index is 0.00650. The van der Waals surface area contributed by atoms with Gasteiger partial charge in [-0.15, -0.1) is 0 Å². The highest BCUT2D eigenvalue weighted by Crippen LogP contribution is 2.18.